The van der Waals surface area contributed by atoms with Gasteiger partial charge in [0.15, 0.2) is 21.3 Å². The van der Waals surface area contributed by atoms with Crippen molar-refractivity contribution in [2.45, 2.75) is 4.90 Å². The van der Waals surface area contributed by atoms with Gasteiger partial charge in [-0.05, 0) is 60.7 Å². The van der Waals surface area contributed by atoms with Crippen LogP contribution >= 0.6 is 11.6 Å². The number of nitrogens with zero attached hydrogens (tertiary/aromatic N) is 2. The summed E-state index contributed by atoms with van der Waals surface area (Å²) in [6.45, 7) is 0. The van der Waals surface area contributed by atoms with Crippen molar-refractivity contribution >= 4 is 21.4 Å². The lowest BCUT2D eigenvalue weighted by Gasteiger charge is -2.11. The average Bonchev–Trinajstić information content (AvgIpc) is 3.24. The maximum atomic E-state index is 11.9. The molecular formula is C24H21ClN2O4S. The molecule has 0 radical (unpaired) electrons. The molecule has 8 heteroatoms. The van der Waals surface area contributed by atoms with E-state index < -0.39 is 9.84 Å². The van der Waals surface area contributed by atoms with Crippen LogP contribution in [0.15, 0.2) is 77.7 Å². The van der Waals surface area contributed by atoms with Crippen molar-refractivity contribution in [3.05, 3.63) is 77.8 Å². The molecule has 0 saturated carbocycles. The van der Waals surface area contributed by atoms with E-state index in [0.29, 0.717) is 16.5 Å². The monoisotopic (exact) mass is 468 g/mol. The molecule has 0 unspecified atom stereocenters. The molecule has 0 aliphatic heterocycles. The first-order chi connectivity index (χ1) is 15.3. The third-order valence-corrected chi connectivity index (χ3v) is 6.42. The van der Waals surface area contributed by atoms with Gasteiger partial charge in [-0.1, -0.05) is 23.7 Å². The quantitative estimate of drug-likeness (QED) is 0.385. The van der Waals surface area contributed by atoms with Crippen LogP contribution in [0, 0.1) is 0 Å². The van der Waals surface area contributed by atoms with Gasteiger partial charge in [0, 0.05) is 22.4 Å². The highest BCUT2D eigenvalue weighted by molar-refractivity contribution is 7.90. The van der Waals surface area contributed by atoms with Crippen LogP contribution in [0.25, 0.3) is 28.2 Å². The third kappa shape index (κ3) is 4.35. The Morgan fingerprint density at radius 1 is 0.812 bits per heavy atom. The molecule has 1 aromatic heterocycles. The van der Waals surface area contributed by atoms with Crippen molar-refractivity contribution in [2.75, 3.05) is 20.5 Å². The second-order valence-electron chi connectivity index (χ2n) is 7.17. The Kier molecular flexibility index (Phi) is 5.95. The van der Waals surface area contributed by atoms with Crippen molar-refractivity contribution in [3.63, 3.8) is 0 Å². The highest BCUT2D eigenvalue weighted by Crippen LogP contribution is 2.35. The van der Waals surface area contributed by atoms with Crippen molar-refractivity contribution in [3.8, 4) is 39.7 Å². The van der Waals surface area contributed by atoms with Gasteiger partial charge in [-0.2, -0.15) is 5.10 Å². The maximum Gasteiger partial charge on any atom is 0.175 e. The lowest BCUT2D eigenvalue weighted by atomic mass is 10.1. The fourth-order valence-corrected chi connectivity index (χ4v) is 4.13. The Bertz CT molecular complexity index is 1360. The minimum Gasteiger partial charge on any atom is -0.493 e. The first kappa shape index (κ1) is 21.9. The Morgan fingerprint density at radius 3 is 2.03 bits per heavy atom. The third-order valence-electron chi connectivity index (χ3n) is 5.04. The molecule has 0 bridgehead atoms. The van der Waals surface area contributed by atoms with Gasteiger partial charge in [-0.3, -0.25) is 0 Å². The Balaban J connectivity index is 1.89. The summed E-state index contributed by atoms with van der Waals surface area (Å²) in [7, 11) is -0.123. The van der Waals surface area contributed by atoms with Gasteiger partial charge in [-0.15, -0.1) is 0 Å². The van der Waals surface area contributed by atoms with E-state index in [2.05, 4.69) is 0 Å². The van der Waals surface area contributed by atoms with E-state index in [4.69, 9.17) is 26.2 Å². The smallest absolute Gasteiger partial charge is 0.175 e. The summed E-state index contributed by atoms with van der Waals surface area (Å²) in [5.74, 6) is 1.22. The zero-order valence-corrected chi connectivity index (χ0v) is 19.3. The largest absolute Gasteiger partial charge is 0.493 e. The van der Waals surface area contributed by atoms with Gasteiger partial charge in [0.1, 0.15) is 0 Å². The van der Waals surface area contributed by atoms with Gasteiger partial charge in [0.25, 0.3) is 0 Å². The van der Waals surface area contributed by atoms with Crippen LogP contribution < -0.4 is 9.47 Å². The Morgan fingerprint density at radius 2 is 1.44 bits per heavy atom. The van der Waals surface area contributed by atoms with Crippen LogP contribution in [0.5, 0.6) is 11.5 Å². The van der Waals surface area contributed by atoms with Crippen LogP contribution in [-0.2, 0) is 9.84 Å². The molecule has 1 heterocycles. The molecule has 0 amide bonds. The standard InChI is InChI=1S/C24H21ClN2O4S/c1-30-23-13-6-17(14-24(23)31-2)22-15-21(16-4-7-18(25)8-5-16)26-27(22)19-9-11-20(12-10-19)32(3,28)29/h4-15H,1-3H3. The molecule has 0 aliphatic rings. The first-order valence-electron chi connectivity index (χ1n) is 9.69. The summed E-state index contributed by atoms with van der Waals surface area (Å²) in [4.78, 5) is 0.249. The zero-order valence-electron chi connectivity index (χ0n) is 17.7. The number of aromatic nitrogens is 2. The average molecular weight is 469 g/mol. The van der Waals surface area contributed by atoms with Gasteiger partial charge in [-0.25, -0.2) is 13.1 Å². The molecule has 0 N–H and O–H groups in total. The van der Waals surface area contributed by atoms with Crippen molar-refractivity contribution in [2.24, 2.45) is 0 Å². The minimum atomic E-state index is -3.30. The van der Waals surface area contributed by atoms with Gasteiger partial charge in [0.05, 0.1) is 36.2 Å². The lowest BCUT2D eigenvalue weighted by Crippen LogP contribution is -2.02. The maximum absolute atomic E-state index is 11.9. The van der Waals surface area contributed by atoms with Gasteiger partial charge in [0.2, 0.25) is 0 Å². The number of benzene rings is 3. The molecule has 32 heavy (non-hydrogen) atoms. The first-order valence-corrected chi connectivity index (χ1v) is 12.0. The normalized spacial score (nSPS) is 11.4. The van der Waals surface area contributed by atoms with E-state index in [0.717, 1.165) is 28.2 Å². The number of ether oxygens (including phenoxy) is 2. The number of methoxy groups -OCH3 is 2. The zero-order chi connectivity index (χ0) is 22.9. The molecule has 4 aromatic rings. The van der Waals surface area contributed by atoms with E-state index >= 15 is 0 Å². The topological polar surface area (TPSA) is 70.4 Å². The molecule has 164 valence electrons. The SMILES string of the molecule is COc1ccc(-c2cc(-c3ccc(Cl)cc3)nn2-c2ccc(S(C)(=O)=O)cc2)cc1OC. The Hall–Kier alpha value is -3.29. The molecule has 3 aromatic carbocycles. The molecule has 0 atom stereocenters. The summed E-state index contributed by atoms with van der Waals surface area (Å²) in [5, 5.41) is 5.44. The second kappa shape index (κ2) is 8.68. The van der Waals surface area contributed by atoms with Crippen LogP contribution in [0.3, 0.4) is 0 Å². The van der Waals surface area contributed by atoms with E-state index in [1.165, 1.54) is 6.26 Å². The van der Waals surface area contributed by atoms with Crippen LogP contribution in [0.1, 0.15) is 0 Å². The molecule has 0 spiro atoms. The predicted octanol–water partition coefficient (Wildman–Crippen LogP) is 5.28. The highest BCUT2D eigenvalue weighted by atomic mass is 35.5. The van der Waals surface area contributed by atoms with Gasteiger partial charge >= 0.3 is 0 Å². The lowest BCUT2D eigenvalue weighted by molar-refractivity contribution is 0.355. The molecule has 0 saturated heterocycles. The second-order valence-corrected chi connectivity index (χ2v) is 9.62. The molecular weight excluding hydrogens is 448 g/mol. The number of rotatable bonds is 6. The summed E-state index contributed by atoms with van der Waals surface area (Å²) in [6.07, 6.45) is 1.18. The Labute approximate surface area is 191 Å². The fourth-order valence-electron chi connectivity index (χ4n) is 3.38. The number of hydrogen-bond donors (Lipinski definition) is 0. The predicted molar refractivity (Wildman–Crippen MR) is 126 cm³/mol. The van der Waals surface area contributed by atoms with E-state index in [9.17, 15) is 8.42 Å². The van der Waals surface area contributed by atoms with Crippen LogP contribution in [0.2, 0.25) is 5.02 Å². The van der Waals surface area contributed by atoms with E-state index in [1.54, 1.807) is 43.2 Å². The summed E-state index contributed by atoms with van der Waals surface area (Å²) in [5.41, 5.74) is 4.05. The van der Waals surface area contributed by atoms with Crippen LogP contribution in [-0.4, -0.2) is 38.7 Å². The number of halogens is 1. The van der Waals surface area contributed by atoms with Crippen LogP contribution in [0.4, 0.5) is 0 Å². The van der Waals surface area contributed by atoms with E-state index in [-0.39, 0.29) is 4.90 Å². The molecule has 0 fully saturated rings. The fraction of sp³-hybridized carbons (Fsp3) is 0.125. The van der Waals surface area contributed by atoms with Crippen molar-refractivity contribution in [1.82, 2.24) is 9.78 Å². The summed E-state index contributed by atoms with van der Waals surface area (Å²) < 4.78 is 36.3. The summed E-state index contributed by atoms with van der Waals surface area (Å²) in [6, 6.07) is 21.7. The summed E-state index contributed by atoms with van der Waals surface area (Å²) >= 11 is 6.04. The highest BCUT2D eigenvalue weighted by Gasteiger charge is 2.16. The molecule has 6 nitrogen and oxygen atoms in total. The molecule has 0 aliphatic carbocycles. The van der Waals surface area contributed by atoms with Crippen molar-refractivity contribution < 1.29 is 17.9 Å². The number of sulfone groups is 1. The van der Waals surface area contributed by atoms with Gasteiger partial charge < -0.3 is 9.47 Å². The number of hydrogen-bond acceptors (Lipinski definition) is 5. The van der Waals surface area contributed by atoms with E-state index in [1.807, 2.05) is 48.5 Å². The van der Waals surface area contributed by atoms with Crippen molar-refractivity contribution in [1.29, 1.82) is 0 Å². The minimum absolute atomic E-state index is 0.249. The molecule has 4 rings (SSSR count).